The molecule has 0 aromatic heterocycles. The van der Waals surface area contributed by atoms with E-state index in [1.54, 1.807) is 0 Å². The van der Waals surface area contributed by atoms with Crippen molar-refractivity contribution < 1.29 is 58.7 Å². The predicted molar refractivity (Wildman–Crippen MR) is 21.0 cm³/mol. The Morgan fingerprint density at radius 2 is 1.25 bits per heavy atom. The Morgan fingerprint density at radius 3 is 1.25 bits per heavy atom. The molecule has 0 N–H and O–H groups in total. The molecule has 0 saturated carbocycles. The van der Waals surface area contributed by atoms with E-state index in [-0.39, 0.29) is 104 Å². The maximum atomic E-state index is 0. The van der Waals surface area contributed by atoms with Crippen molar-refractivity contribution in [3.8, 4) is 0 Å². The molecule has 0 fully saturated rings. The summed E-state index contributed by atoms with van der Waals surface area (Å²) in [7, 11) is 0. The molecule has 0 aromatic carbocycles. The van der Waals surface area contributed by atoms with Gasteiger partial charge < -0.3 is 1.43 Å². The minimum atomic E-state index is 0. The second-order valence-corrected chi connectivity index (χ2v) is 0. The van der Waals surface area contributed by atoms with Crippen molar-refractivity contribution in [1.82, 2.24) is 0 Å². The van der Waals surface area contributed by atoms with Gasteiger partial charge in [-0.05, 0) is 0 Å². The first-order valence-electron chi connectivity index (χ1n) is 0. The minimum Gasteiger partial charge on any atom is 1.00 e. The van der Waals surface area contributed by atoms with E-state index in [0.29, 0.717) is 0 Å². The normalized spacial score (nSPS) is 0. The van der Waals surface area contributed by atoms with Gasteiger partial charge in [-0.1, -0.05) is 0 Å². The zero-order valence-electron chi connectivity index (χ0n) is 2.71. The van der Waals surface area contributed by atoms with E-state index in [1.807, 2.05) is 0 Å². The van der Waals surface area contributed by atoms with Crippen LogP contribution in [0.2, 0.25) is 0 Å². The summed E-state index contributed by atoms with van der Waals surface area (Å²) in [6.07, 6.45) is 0. The fraction of sp³-hybridized carbons (Fsp3) is 0. The zero-order chi connectivity index (χ0) is 0. The third kappa shape index (κ3) is 9.06. The third-order valence-electron chi connectivity index (χ3n) is 0. The molecule has 0 aromatic rings. The SMILES string of the molecule is [GaH3].[H-].[Hg].[InH3].[Na+]. The van der Waals surface area contributed by atoms with Crippen LogP contribution < -0.4 is 29.6 Å². The summed E-state index contributed by atoms with van der Waals surface area (Å²) in [6.45, 7) is 0. The van der Waals surface area contributed by atoms with Crippen LogP contribution in [0.15, 0.2) is 0 Å². The van der Waals surface area contributed by atoms with Gasteiger partial charge in [0.1, 0.15) is 0 Å². The second kappa shape index (κ2) is 16.1. The molecule has 0 unspecified atom stereocenters. The zero-order valence-corrected chi connectivity index (χ0v) is 9.20. The summed E-state index contributed by atoms with van der Waals surface area (Å²) in [5, 5.41) is 0. The molecule has 0 atom stereocenters. The van der Waals surface area contributed by atoms with Crippen LogP contribution in [0.5, 0.6) is 0 Å². The van der Waals surface area contributed by atoms with Gasteiger partial charge in [0.25, 0.3) is 0 Å². The molecule has 4 heavy (non-hydrogen) atoms. The van der Waals surface area contributed by atoms with Crippen LogP contribution in [0, 0.1) is 0 Å². The molecular formula is H7GaHgInNa. The van der Waals surface area contributed by atoms with E-state index in [9.17, 15) is 0 Å². The van der Waals surface area contributed by atoms with Crippen molar-refractivity contribution in [1.29, 1.82) is 0 Å². The molecule has 16 valence electrons. The Balaban J connectivity index is 0. The van der Waals surface area contributed by atoms with Crippen LogP contribution >= 0.6 is 0 Å². The van der Waals surface area contributed by atoms with Crippen molar-refractivity contribution in [2.45, 2.75) is 0 Å². The van der Waals surface area contributed by atoms with E-state index in [1.165, 1.54) is 0 Å². The van der Waals surface area contributed by atoms with Gasteiger partial charge in [0, 0.05) is 27.7 Å². The van der Waals surface area contributed by atoms with Crippen molar-refractivity contribution >= 4 is 45.6 Å². The molecule has 0 radical (unpaired) electrons. The quantitative estimate of drug-likeness (QED) is 0.347. The first-order chi connectivity index (χ1) is 0. The van der Waals surface area contributed by atoms with Crippen molar-refractivity contribution in [3.05, 3.63) is 0 Å². The standard InChI is InChI=1S/Ga.Hg.In.Na.7H/q;;;+1;;;;;;;-1. The van der Waals surface area contributed by atoms with Gasteiger partial charge in [0.2, 0.25) is 0 Å². The van der Waals surface area contributed by atoms with E-state index in [0.717, 1.165) is 0 Å². The molecule has 0 amide bonds. The molecule has 0 aliphatic rings. The van der Waals surface area contributed by atoms with E-state index < -0.39 is 0 Å². The summed E-state index contributed by atoms with van der Waals surface area (Å²) >= 11 is 0. The van der Waals surface area contributed by atoms with Gasteiger partial charge in [0.15, 0.2) is 0 Å². The molecule has 0 nitrogen and oxygen atoms in total. The van der Waals surface area contributed by atoms with Gasteiger partial charge in [-0.3, -0.25) is 0 Å². The van der Waals surface area contributed by atoms with Gasteiger partial charge in [0.05, 0.1) is 0 Å². The molecule has 0 saturated heterocycles. The molecule has 0 aliphatic heterocycles. The third-order valence-corrected chi connectivity index (χ3v) is 0. The predicted octanol–water partition coefficient (Wildman–Crippen LogP) is -5.25. The average Bonchev–Trinajstić information content (AvgIpc) is 0. The summed E-state index contributed by atoms with van der Waals surface area (Å²) in [5.41, 5.74) is 0. The molecule has 0 bridgehead atoms. The van der Waals surface area contributed by atoms with Crippen LogP contribution in [-0.2, 0) is 27.7 Å². The number of hydrogen-bond donors (Lipinski definition) is 0. The molecule has 0 rings (SSSR count). The Labute approximate surface area is 102 Å². The molecule has 0 aliphatic carbocycles. The molecule has 4 heteroatoms. The fourth-order valence-electron chi connectivity index (χ4n) is 0. The maximum absolute atomic E-state index is 0. The van der Waals surface area contributed by atoms with Crippen molar-refractivity contribution in [2.24, 2.45) is 0 Å². The topological polar surface area (TPSA) is 0 Å². The molecular weight excluding hydrogens is 408 g/mol. The van der Waals surface area contributed by atoms with Crippen LogP contribution in [0.4, 0.5) is 0 Å². The Hall–Kier alpha value is 3.44. The van der Waals surface area contributed by atoms with Gasteiger partial charge in [-0.2, -0.15) is 0 Å². The van der Waals surface area contributed by atoms with E-state index >= 15 is 0 Å². The summed E-state index contributed by atoms with van der Waals surface area (Å²) in [5.74, 6) is 0. The monoisotopic (exact) mass is 416 g/mol. The molecule has 0 heterocycles. The Bertz CT molecular complexity index is 11.6. The van der Waals surface area contributed by atoms with Crippen LogP contribution in [0.25, 0.3) is 0 Å². The number of hydrogen-bond acceptors (Lipinski definition) is 0. The van der Waals surface area contributed by atoms with Gasteiger partial charge in [-0.25, -0.2) is 0 Å². The van der Waals surface area contributed by atoms with Gasteiger partial charge in [-0.15, -0.1) is 0 Å². The summed E-state index contributed by atoms with van der Waals surface area (Å²) in [4.78, 5) is 0. The van der Waals surface area contributed by atoms with Gasteiger partial charge >= 0.3 is 75.2 Å². The van der Waals surface area contributed by atoms with Crippen molar-refractivity contribution in [2.75, 3.05) is 0 Å². The first-order valence-corrected chi connectivity index (χ1v) is 0. The van der Waals surface area contributed by atoms with Crippen molar-refractivity contribution in [3.63, 3.8) is 0 Å². The summed E-state index contributed by atoms with van der Waals surface area (Å²) < 4.78 is 0. The van der Waals surface area contributed by atoms with Crippen LogP contribution in [0.1, 0.15) is 1.43 Å². The fourth-order valence-corrected chi connectivity index (χ4v) is 0. The minimum absolute atomic E-state index is 0. The number of rotatable bonds is 0. The average molecular weight is 415 g/mol. The van der Waals surface area contributed by atoms with E-state index in [2.05, 4.69) is 0 Å². The smallest absolute Gasteiger partial charge is 1.00 e. The maximum Gasteiger partial charge on any atom is 1.00 e. The summed E-state index contributed by atoms with van der Waals surface area (Å²) in [6, 6.07) is 0. The largest absolute Gasteiger partial charge is 1.00 e. The molecule has 0 spiro atoms. The van der Waals surface area contributed by atoms with Crippen LogP contribution in [0.3, 0.4) is 0 Å². The second-order valence-electron chi connectivity index (χ2n) is 0. The van der Waals surface area contributed by atoms with Crippen LogP contribution in [-0.4, -0.2) is 45.6 Å². The Morgan fingerprint density at radius 1 is 1.25 bits per heavy atom. The van der Waals surface area contributed by atoms with E-state index in [4.69, 9.17) is 0 Å². The Kier molecular flexibility index (Phi) is 105. The first kappa shape index (κ1) is 26.1.